The minimum Gasteiger partial charge on any atom is -0.397 e. The van der Waals surface area contributed by atoms with Crippen LogP contribution >= 0.6 is 11.3 Å². The highest BCUT2D eigenvalue weighted by atomic mass is 32.1. The van der Waals surface area contributed by atoms with Crippen molar-refractivity contribution >= 4 is 33.5 Å². The molecule has 0 aliphatic heterocycles. The highest BCUT2D eigenvalue weighted by Gasteiger charge is 2.07. The monoisotopic (exact) mass is 297 g/mol. The van der Waals surface area contributed by atoms with Crippen LogP contribution < -0.4 is 16.8 Å². The quantitative estimate of drug-likeness (QED) is 0.644. The van der Waals surface area contributed by atoms with Crippen LogP contribution in [0.4, 0.5) is 22.2 Å². The van der Waals surface area contributed by atoms with E-state index in [1.807, 2.05) is 36.6 Å². The Bertz CT molecular complexity index is 767. The van der Waals surface area contributed by atoms with Gasteiger partial charge >= 0.3 is 0 Å². The average Bonchev–Trinajstić information content (AvgIpc) is 2.94. The Balaban J connectivity index is 1.87. The van der Waals surface area contributed by atoms with Gasteiger partial charge in [-0.3, -0.25) is 4.98 Å². The fraction of sp³-hybridized carbons (Fsp3) is 0.0667. The lowest BCUT2D eigenvalue weighted by atomic mass is 10.1. The lowest BCUT2D eigenvalue weighted by molar-refractivity contribution is 1.30. The van der Waals surface area contributed by atoms with Gasteiger partial charge in [-0.15, -0.1) is 11.3 Å². The molecule has 0 saturated heterocycles. The number of nitrogens with zero attached hydrogens (tertiary/aromatic N) is 2. The van der Waals surface area contributed by atoms with Gasteiger partial charge in [0.25, 0.3) is 0 Å². The van der Waals surface area contributed by atoms with Crippen molar-refractivity contribution in [3.05, 3.63) is 47.6 Å². The maximum Gasteiger partial charge on any atom is 0.187 e. The van der Waals surface area contributed by atoms with Gasteiger partial charge in [-0.25, -0.2) is 4.98 Å². The van der Waals surface area contributed by atoms with Crippen molar-refractivity contribution in [2.24, 2.45) is 0 Å². The number of nitrogens with one attached hydrogen (secondary N) is 1. The van der Waals surface area contributed by atoms with Crippen LogP contribution in [-0.4, -0.2) is 9.97 Å². The number of anilines is 4. The third kappa shape index (κ3) is 2.80. The van der Waals surface area contributed by atoms with Crippen LogP contribution in [0.3, 0.4) is 0 Å². The second-order valence-corrected chi connectivity index (χ2v) is 5.56. The Morgan fingerprint density at radius 1 is 1.19 bits per heavy atom. The van der Waals surface area contributed by atoms with E-state index in [4.69, 9.17) is 11.5 Å². The van der Waals surface area contributed by atoms with Crippen LogP contribution in [-0.2, 0) is 0 Å². The molecule has 0 amide bonds. The summed E-state index contributed by atoms with van der Waals surface area (Å²) in [6.07, 6.45) is 3.54. The van der Waals surface area contributed by atoms with Crippen molar-refractivity contribution in [3.8, 4) is 11.3 Å². The minimum absolute atomic E-state index is 0.562. The zero-order valence-electron chi connectivity index (χ0n) is 11.5. The van der Waals surface area contributed by atoms with Crippen LogP contribution in [0.2, 0.25) is 0 Å². The molecule has 5 N–H and O–H groups in total. The van der Waals surface area contributed by atoms with Crippen molar-refractivity contribution in [1.29, 1.82) is 0 Å². The molecule has 0 fully saturated rings. The second kappa shape index (κ2) is 5.41. The maximum absolute atomic E-state index is 5.85. The Hall–Kier alpha value is -2.60. The number of aromatic nitrogens is 2. The highest BCUT2D eigenvalue weighted by molar-refractivity contribution is 7.14. The van der Waals surface area contributed by atoms with E-state index in [1.165, 1.54) is 11.3 Å². The van der Waals surface area contributed by atoms with E-state index in [-0.39, 0.29) is 0 Å². The van der Waals surface area contributed by atoms with E-state index in [0.29, 0.717) is 11.4 Å². The normalized spacial score (nSPS) is 10.5. The molecule has 2 aromatic heterocycles. The Labute approximate surface area is 126 Å². The van der Waals surface area contributed by atoms with E-state index < -0.39 is 0 Å². The molecule has 5 nitrogen and oxygen atoms in total. The predicted octanol–water partition coefficient (Wildman–Crippen LogP) is 3.42. The molecule has 2 heterocycles. The van der Waals surface area contributed by atoms with Crippen LogP contribution in [0, 0.1) is 6.92 Å². The topological polar surface area (TPSA) is 89.8 Å². The fourth-order valence-corrected chi connectivity index (χ4v) is 2.71. The number of benzene rings is 1. The summed E-state index contributed by atoms with van der Waals surface area (Å²) in [6, 6.07) is 7.56. The summed E-state index contributed by atoms with van der Waals surface area (Å²) in [7, 11) is 0. The Kier molecular flexibility index (Phi) is 3.45. The first-order valence-electron chi connectivity index (χ1n) is 6.42. The zero-order chi connectivity index (χ0) is 14.8. The van der Waals surface area contributed by atoms with Gasteiger partial charge in [0.2, 0.25) is 0 Å². The van der Waals surface area contributed by atoms with E-state index in [0.717, 1.165) is 27.6 Å². The summed E-state index contributed by atoms with van der Waals surface area (Å²) < 4.78 is 0. The van der Waals surface area contributed by atoms with Crippen LogP contribution in [0.25, 0.3) is 11.3 Å². The lowest BCUT2D eigenvalue weighted by Crippen LogP contribution is -1.99. The van der Waals surface area contributed by atoms with Gasteiger partial charge in [-0.1, -0.05) is 0 Å². The third-order valence-corrected chi connectivity index (χ3v) is 3.89. The summed E-state index contributed by atoms with van der Waals surface area (Å²) in [5, 5.41) is 6.08. The second-order valence-electron chi connectivity index (χ2n) is 4.70. The summed E-state index contributed by atoms with van der Waals surface area (Å²) in [4.78, 5) is 8.67. The zero-order valence-corrected chi connectivity index (χ0v) is 12.3. The van der Waals surface area contributed by atoms with Crippen molar-refractivity contribution in [1.82, 2.24) is 9.97 Å². The molecule has 3 rings (SSSR count). The Morgan fingerprint density at radius 3 is 2.76 bits per heavy atom. The molecule has 6 heteroatoms. The molecule has 0 aliphatic carbocycles. The van der Waals surface area contributed by atoms with Crippen molar-refractivity contribution in [2.75, 3.05) is 16.8 Å². The average molecular weight is 297 g/mol. The van der Waals surface area contributed by atoms with Gasteiger partial charge in [0.05, 0.1) is 17.1 Å². The van der Waals surface area contributed by atoms with Gasteiger partial charge in [-0.2, -0.15) is 0 Å². The number of rotatable bonds is 3. The summed E-state index contributed by atoms with van der Waals surface area (Å²) in [5.41, 5.74) is 16.6. The molecule has 0 spiro atoms. The molecule has 0 atom stereocenters. The number of nitrogen functional groups attached to an aromatic ring is 2. The van der Waals surface area contributed by atoms with Gasteiger partial charge < -0.3 is 16.8 Å². The van der Waals surface area contributed by atoms with Crippen LogP contribution in [0.5, 0.6) is 0 Å². The summed E-state index contributed by atoms with van der Waals surface area (Å²) in [5.74, 6) is 0. The number of hydrogen-bond donors (Lipinski definition) is 3. The molecule has 0 saturated carbocycles. The van der Waals surface area contributed by atoms with Gasteiger partial charge in [0.1, 0.15) is 0 Å². The first kappa shape index (κ1) is 13.4. The van der Waals surface area contributed by atoms with Gasteiger partial charge in [0.15, 0.2) is 5.13 Å². The molecule has 3 aromatic rings. The number of thiazole rings is 1. The minimum atomic E-state index is 0.562. The molecular formula is C15H15N5S. The van der Waals surface area contributed by atoms with Gasteiger partial charge in [-0.05, 0) is 36.8 Å². The van der Waals surface area contributed by atoms with E-state index in [2.05, 4.69) is 15.3 Å². The lowest BCUT2D eigenvalue weighted by Gasteiger charge is -2.09. The molecule has 0 unspecified atom stereocenters. The molecule has 21 heavy (non-hydrogen) atoms. The largest absolute Gasteiger partial charge is 0.397 e. The first-order chi connectivity index (χ1) is 10.1. The van der Waals surface area contributed by atoms with E-state index in [9.17, 15) is 0 Å². The Morgan fingerprint density at radius 2 is 2.00 bits per heavy atom. The standard InChI is InChI=1S/C15H15N5S/c1-9-5-11(16)12(17)6-13(9)19-15-20-14(8-21-15)10-3-2-4-18-7-10/h2-8H,16-17H2,1H3,(H,19,20). The van der Waals surface area contributed by atoms with Gasteiger partial charge in [0, 0.05) is 29.0 Å². The SMILES string of the molecule is Cc1cc(N)c(N)cc1Nc1nc(-c2cccnc2)cs1. The summed E-state index contributed by atoms with van der Waals surface area (Å²) in [6.45, 7) is 1.98. The van der Waals surface area contributed by atoms with Crippen LogP contribution in [0.15, 0.2) is 42.0 Å². The van der Waals surface area contributed by atoms with Crippen molar-refractivity contribution in [3.63, 3.8) is 0 Å². The number of hydrogen-bond acceptors (Lipinski definition) is 6. The molecule has 1 aromatic carbocycles. The third-order valence-electron chi connectivity index (χ3n) is 3.13. The fourth-order valence-electron chi connectivity index (χ4n) is 1.97. The molecule has 106 valence electrons. The van der Waals surface area contributed by atoms with Crippen molar-refractivity contribution < 1.29 is 0 Å². The predicted molar refractivity (Wildman–Crippen MR) is 88.6 cm³/mol. The molecular weight excluding hydrogens is 282 g/mol. The summed E-state index contributed by atoms with van der Waals surface area (Å²) >= 11 is 1.54. The highest BCUT2D eigenvalue weighted by Crippen LogP contribution is 2.30. The smallest absolute Gasteiger partial charge is 0.187 e. The molecule has 0 radical (unpaired) electrons. The van der Waals surface area contributed by atoms with E-state index >= 15 is 0 Å². The van der Waals surface area contributed by atoms with E-state index in [1.54, 1.807) is 12.4 Å². The van der Waals surface area contributed by atoms with Crippen LogP contribution in [0.1, 0.15) is 5.56 Å². The maximum atomic E-state index is 5.85. The number of nitrogens with two attached hydrogens (primary N) is 2. The molecule has 0 aliphatic rings. The number of aryl methyl sites for hydroxylation is 1. The van der Waals surface area contributed by atoms with Crippen molar-refractivity contribution in [2.45, 2.75) is 6.92 Å². The number of pyridine rings is 1. The first-order valence-corrected chi connectivity index (χ1v) is 7.30. The molecule has 0 bridgehead atoms.